The first kappa shape index (κ1) is 18.1. The van der Waals surface area contributed by atoms with E-state index in [0.717, 1.165) is 24.3 Å². The molecule has 2 aromatic rings. The van der Waals surface area contributed by atoms with E-state index in [9.17, 15) is 26.7 Å². The summed E-state index contributed by atoms with van der Waals surface area (Å²) >= 11 is 0. The van der Waals surface area contributed by atoms with Crippen LogP contribution in [0.2, 0.25) is 0 Å². The van der Waals surface area contributed by atoms with Crippen LogP contribution in [-0.2, 0) is 17.5 Å². The second kappa shape index (κ2) is 6.89. The number of hydrogen-bond donors (Lipinski definition) is 0. The Labute approximate surface area is 145 Å². The summed E-state index contributed by atoms with van der Waals surface area (Å²) < 4.78 is 65.2. The summed E-state index contributed by atoms with van der Waals surface area (Å²) in [5, 5.41) is 0. The molecule has 1 amide bonds. The summed E-state index contributed by atoms with van der Waals surface area (Å²) in [6.07, 6.45) is -4.57. The molecule has 4 nitrogen and oxygen atoms in total. The van der Waals surface area contributed by atoms with Crippen molar-refractivity contribution in [3.8, 4) is 0 Å². The van der Waals surface area contributed by atoms with E-state index >= 15 is 0 Å². The average molecular weight is 371 g/mol. The van der Waals surface area contributed by atoms with E-state index in [1.807, 2.05) is 0 Å². The van der Waals surface area contributed by atoms with Crippen LogP contribution in [0.25, 0.3) is 0 Å². The van der Waals surface area contributed by atoms with Crippen molar-refractivity contribution in [2.45, 2.75) is 12.7 Å². The zero-order valence-corrected chi connectivity index (χ0v) is 13.4. The standard InChI is InChI=1S/C17H14F5N3O/c18-12-4-5-13(19)11(8-12)9-25-7-6-24(10-16(25)26)15-3-1-2-14(23-15)17(20,21)22/h1-5,8H,6-7,9-10H2. The molecule has 0 atom stereocenters. The minimum Gasteiger partial charge on any atom is -0.346 e. The van der Waals surface area contributed by atoms with Crippen molar-refractivity contribution in [1.82, 2.24) is 9.88 Å². The summed E-state index contributed by atoms with van der Waals surface area (Å²) in [4.78, 5) is 18.6. The van der Waals surface area contributed by atoms with Gasteiger partial charge in [-0.1, -0.05) is 6.07 Å². The third-order valence-corrected chi connectivity index (χ3v) is 4.04. The van der Waals surface area contributed by atoms with Crippen LogP contribution in [0.3, 0.4) is 0 Å². The molecule has 9 heteroatoms. The summed E-state index contributed by atoms with van der Waals surface area (Å²) in [5.74, 6) is -1.59. The van der Waals surface area contributed by atoms with Crippen molar-refractivity contribution in [2.75, 3.05) is 24.5 Å². The van der Waals surface area contributed by atoms with Gasteiger partial charge in [0.2, 0.25) is 5.91 Å². The molecule has 0 N–H and O–H groups in total. The van der Waals surface area contributed by atoms with Crippen LogP contribution >= 0.6 is 0 Å². The predicted molar refractivity (Wildman–Crippen MR) is 83.2 cm³/mol. The van der Waals surface area contributed by atoms with Gasteiger partial charge in [-0.2, -0.15) is 13.2 Å². The fourth-order valence-corrected chi connectivity index (χ4v) is 2.70. The summed E-state index contributed by atoms with van der Waals surface area (Å²) in [6, 6.07) is 6.46. The highest BCUT2D eigenvalue weighted by atomic mass is 19.4. The lowest BCUT2D eigenvalue weighted by Gasteiger charge is -2.35. The van der Waals surface area contributed by atoms with Crippen LogP contribution in [0.4, 0.5) is 27.8 Å². The molecule has 0 aliphatic carbocycles. The van der Waals surface area contributed by atoms with Gasteiger partial charge >= 0.3 is 6.18 Å². The SMILES string of the molecule is O=C1CN(c2cccc(C(F)(F)F)n2)CCN1Cc1cc(F)ccc1F. The van der Waals surface area contributed by atoms with Crippen LogP contribution in [-0.4, -0.2) is 35.4 Å². The molecule has 1 fully saturated rings. The Morgan fingerprint density at radius 2 is 1.85 bits per heavy atom. The van der Waals surface area contributed by atoms with Gasteiger partial charge in [-0.25, -0.2) is 13.8 Å². The van der Waals surface area contributed by atoms with E-state index in [1.165, 1.54) is 21.9 Å². The predicted octanol–water partition coefficient (Wildman–Crippen LogP) is 3.23. The minimum atomic E-state index is -4.57. The number of halogens is 5. The van der Waals surface area contributed by atoms with Gasteiger partial charge in [0.05, 0.1) is 6.54 Å². The lowest BCUT2D eigenvalue weighted by molar-refractivity contribution is -0.141. The lowest BCUT2D eigenvalue weighted by atomic mass is 10.1. The van der Waals surface area contributed by atoms with Gasteiger partial charge in [-0.3, -0.25) is 4.79 Å². The van der Waals surface area contributed by atoms with Gasteiger partial charge in [-0.05, 0) is 30.3 Å². The first-order valence-electron chi connectivity index (χ1n) is 7.75. The largest absolute Gasteiger partial charge is 0.433 e. The fourth-order valence-electron chi connectivity index (χ4n) is 2.70. The molecule has 0 spiro atoms. The maximum absolute atomic E-state index is 13.7. The van der Waals surface area contributed by atoms with Crippen LogP contribution in [0.5, 0.6) is 0 Å². The Morgan fingerprint density at radius 1 is 1.08 bits per heavy atom. The molecule has 26 heavy (non-hydrogen) atoms. The molecule has 0 unspecified atom stereocenters. The quantitative estimate of drug-likeness (QED) is 0.778. The summed E-state index contributed by atoms with van der Waals surface area (Å²) in [7, 11) is 0. The summed E-state index contributed by atoms with van der Waals surface area (Å²) in [6.45, 7) is 0.0984. The number of alkyl halides is 3. The Balaban J connectivity index is 1.71. The fraction of sp³-hybridized carbons (Fsp3) is 0.294. The molecular formula is C17H14F5N3O. The molecule has 1 aromatic heterocycles. The Bertz CT molecular complexity index is 824. The van der Waals surface area contributed by atoms with Crippen molar-refractivity contribution in [3.63, 3.8) is 0 Å². The number of aromatic nitrogens is 1. The van der Waals surface area contributed by atoms with Gasteiger partial charge in [0.15, 0.2) is 0 Å². The second-order valence-corrected chi connectivity index (χ2v) is 5.85. The average Bonchev–Trinajstić information content (AvgIpc) is 2.59. The number of carbonyl (C=O) groups excluding carboxylic acids is 1. The normalized spacial score (nSPS) is 15.5. The molecular weight excluding hydrogens is 357 g/mol. The second-order valence-electron chi connectivity index (χ2n) is 5.85. The van der Waals surface area contributed by atoms with Crippen LogP contribution in [0.15, 0.2) is 36.4 Å². The van der Waals surface area contributed by atoms with E-state index in [0.29, 0.717) is 0 Å². The molecule has 138 valence electrons. The number of piperazine rings is 1. The molecule has 1 saturated heterocycles. The molecule has 1 aliphatic heterocycles. The highest BCUT2D eigenvalue weighted by Gasteiger charge is 2.33. The molecule has 0 bridgehead atoms. The number of hydrogen-bond acceptors (Lipinski definition) is 3. The van der Waals surface area contributed by atoms with Gasteiger partial charge in [0.25, 0.3) is 0 Å². The van der Waals surface area contributed by atoms with E-state index in [-0.39, 0.29) is 37.6 Å². The molecule has 0 radical (unpaired) electrons. The maximum Gasteiger partial charge on any atom is 0.433 e. The van der Waals surface area contributed by atoms with Crippen LogP contribution < -0.4 is 4.90 Å². The van der Waals surface area contributed by atoms with E-state index < -0.39 is 29.4 Å². The monoisotopic (exact) mass is 371 g/mol. The first-order valence-corrected chi connectivity index (χ1v) is 7.75. The highest BCUT2D eigenvalue weighted by Crippen LogP contribution is 2.29. The Morgan fingerprint density at radius 3 is 2.54 bits per heavy atom. The van der Waals surface area contributed by atoms with Gasteiger partial charge in [0, 0.05) is 25.2 Å². The third-order valence-electron chi connectivity index (χ3n) is 4.04. The zero-order chi connectivity index (χ0) is 18.9. The van der Waals surface area contributed by atoms with Crippen molar-refractivity contribution < 1.29 is 26.7 Å². The number of carbonyl (C=O) groups is 1. The van der Waals surface area contributed by atoms with Crippen molar-refractivity contribution in [2.24, 2.45) is 0 Å². The Kier molecular flexibility index (Phi) is 4.80. The molecule has 3 rings (SSSR count). The van der Waals surface area contributed by atoms with Crippen molar-refractivity contribution in [1.29, 1.82) is 0 Å². The van der Waals surface area contributed by atoms with E-state index in [1.54, 1.807) is 0 Å². The number of rotatable bonds is 3. The smallest absolute Gasteiger partial charge is 0.346 e. The molecule has 1 aromatic carbocycles. The van der Waals surface area contributed by atoms with Gasteiger partial charge < -0.3 is 9.80 Å². The van der Waals surface area contributed by atoms with Crippen molar-refractivity contribution in [3.05, 3.63) is 59.3 Å². The first-order chi connectivity index (χ1) is 12.2. The molecule has 1 aliphatic rings. The molecule has 0 saturated carbocycles. The van der Waals surface area contributed by atoms with Gasteiger partial charge in [0.1, 0.15) is 23.1 Å². The number of nitrogens with zero attached hydrogens (tertiary/aromatic N) is 3. The molecule has 2 heterocycles. The lowest BCUT2D eigenvalue weighted by Crippen LogP contribution is -2.50. The van der Waals surface area contributed by atoms with E-state index in [4.69, 9.17) is 0 Å². The Hall–Kier alpha value is -2.71. The number of pyridine rings is 1. The van der Waals surface area contributed by atoms with Crippen molar-refractivity contribution >= 4 is 11.7 Å². The van der Waals surface area contributed by atoms with Crippen LogP contribution in [0, 0.1) is 11.6 Å². The maximum atomic E-state index is 13.7. The van der Waals surface area contributed by atoms with Crippen LogP contribution in [0.1, 0.15) is 11.3 Å². The summed E-state index contributed by atoms with van der Waals surface area (Å²) in [5.41, 5.74) is -0.990. The van der Waals surface area contributed by atoms with E-state index in [2.05, 4.69) is 4.98 Å². The number of benzene rings is 1. The highest BCUT2D eigenvalue weighted by molar-refractivity contribution is 5.82. The topological polar surface area (TPSA) is 36.4 Å². The third kappa shape index (κ3) is 3.92. The zero-order valence-electron chi connectivity index (χ0n) is 13.4. The number of amides is 1. The van der Waals surface area contributed by atoms with Gasteiger partial charge in [-0.15, -0.1) is 0 Å². The minimum absolute atomic E-state index is 0.0454. The number of anilines is 1.